The molecular formula is C25H22N2O7. The van der Waals surface area contributed by atoms with Gasteiger partial charge in [0.15, 0.2) is 6.61 Å². The van der Waals surface area contributed by atoms with Crippen LogP contribution in [0, 0.1) is 6.92 Å². The van der Waals surface area contributed by atoms with Gasteiger partial charge in [-0.2, -0.15) is 0 Å². The summed E-state index contributed by atoms with van der Waals surface area (Å²) in [7, 11) is 0. The zero-order valence-corrected chi connectivity index (χ0v) is 18.3. The fourth-order valence-corrected chi connectivity index (χ4v) is 3.47. The van der Waals surface area contributed by atoms with Crippen molar-refractivity contribution >= 4 is 5.97 Å². The number of aromatic nitrogens is 2. The van der Waals surface area contributed by atoms with Crippen LogP contribution in [-0.2, 0) is 17.9 Å². The first-order chi connectivity index (χ1) is 16.4. The Kier molecular flexibility index (Phi) is 6.63. The third kappa shape index (κ3) is 5.63. The van der Waals surface area contributed by atoms with Crippen LogP contribution in [0.5, 0.6) is 11.5 Å². The summed E-state index contributed by atoms with van der Waals surface area (Å²) in [6.45, 7) is 2.06. The molecule has 4 aromatic rings. The van der Waals surface area contributed by atoms with Crippen molar-refractivity contribution in [1.29, 1.82) is 0 Å². The number of hydrogen-bond donors (Lipinski definition) is 2. The highest BCUT2D eigenvalue weighted by atomic mass is 16.5. The average Bonchev–Trinajstić information content (AvgIpc) is 3.13. The van der Waals surface area contributed by atoms with E-state index in [-0.39, 0.29) is 13.2 Å². The van der Waals surface area contributed by atoms with E-state index in [2.05, 4.69) is 0 Å². The standard InChI is InChI=1S/C25H22N2O7/c1-16-11-21(33-15-23(28)29)9-10-22(16)19-4-2-3-18(12-19)14-32-20-7-5-17(6-8-20)13-27-24(30)26-25(31)34-27/h2-12H,13-15H2,1H3,(H,28,29)(H,26,30,31). The fraction of sp³-hybridized carbons (Fsp3) is 0.160. The molecule has 0 saturated heterocycles. The first-order valence-corrected chi connectivity index (χ1v) is 10.4. The quantitative estimate of drug-likeness (QED) is 0.391. The summed E-state index contributed by atoms with van der Waals surface area (Å²) in [4.78, 5) is 35.4. The molecule has 9 heteroatoms. The molecule has 174 valence electrons. The Morgan fingerprint density at radius 2 is 1.74 bits per heavy atom. The van der Waals surface area contributed by atoms with Gasteiger partial charge in [0.2, 0.25) is 0 Å². The van der Waals surface area contributed by atoms with E-state index in [4.69, 9.17) is 19.1 Å². The van der Waals surface area contributed by atoms with Gasteiger partial charge in [-0.25, -0.2) is 19.4 Å². The zero-order valence-electron chi connectivity index (χ0n) is 18.3. The van der Waals surface area contributed by atoms with Gasteiger partial charge in [0, 0.05) is 0 Å². The Hall–Kier alpha value is -4.53. The van der Waals surface area contributed by atoms with E-state index < -0.39 is 17.4 Å². The second-order valence-electron chi connectivity index (χ2n) is 7.64. The predicted molar refractivity (Wildman–Crippen MR) is 123 cm³/mol. The van der Waals surface area contributed by atoms with E-state index >= 15 is 0 Å². The molecule has 0 saturated carbocycles. The van der Waals surface area contributed by atoms with Gasteiger partial charge in [0.05, 0.1) is 6.54 Å². The number of benzene rings is 3. The van der Waals surface area contributed by atoms with Gasteiger partial charge in [-0.05, 0) is 65.1 Å². The molecule has 3 aromatic carbocycles. The maximum absolute atomic E-state index is 11.6. The predicted octanol–water partition coefficient (Wildman–Crippen LogP) is 3.20. The van der Waals surface area contributed by atoms with Gasteiger partial charge in [0.25, 0.3) is 0 Å². The maximum atomic E-state index is 11.6. The molecule has 0 radical (unpaired) electrons. The highest BCUT2D eigenvalue weighted by Gasteiger charge is 2.08. The van der Waals surface area contributed by atoms with Crippen molar-refractivity contribution in [2.24, 2.45) is 0 Å². The molecule has 0 bridgehead atoms. The summed E-state index contributed by atoms with van der Waals surface area (Å²) < 4.78 is 16.9. The third-order valence-electron chi connectivity index (χ3n) is 5.08. The van der Waals surface area contributed by atoms with Crippen molar-refractivity contribution < 1.29 is 23.9 Å². The number of H-pyrrole nitrogens is 1. The highest BCUT2D eigenvalue weighted by Crippen LogP contribution is 2.28. The Bertz CT molecular complexity index is 1410. The van der Waals surface area contributed by atoms with Crippen molar-refractivity contribution in [3.8, 4) is 22.6 Å². The minimum absolute atomic E-state index is 0.138. The molecule has 0 atom stereocenters. The zero-order chi connectivity index (χ0) is 24.1. The number of nitrogens with one attached hydrogen (secondary N) is 1. The van der Waals surface area contributed by atoms with Crippen molar-refractivity contribution in [3.05, 3.63) is 104 Å². The van der Waals surface area contributed by atoms with E-state index in [9.17, 15) is 14.4 Å². The van der Waals surface area contributed by atoms with Crippen LogP contribution < -0.4 is 20.9 Å². The molecule has 1 aromatic heterocycles. The van der Waals surface area contributed by atoms with Gasteiger partial charge < -0.3 is 19.1 Å². The molecule has 1 heterocycles. The molecule has 0 amide bonds. The molecule has 9 nitrogen and oxygen atoms in total. The van der Waals surface area contributed by atoms with Crippen LogP contribution in [0.4, 0.5) is 0 Å². The molecular weight excluding hydrogens is 440 g/mol. The summed E-state index contributed by atoms with van der Waals surface area (Å²) in [5, 5.41) is 8.76. The number of nitrogens with zero attached hydrogens (tertiary/aromatic N) is 1. The van der Waals surface area contributed by atoms with Crippen LogP contribution in [0.1, 0.15) is 16.7 Å². The summed E-state index contributed by atoms with van der Waals surface area (Å²) in [6, 6.07) is 20.6. The van der Waals surface area contributed by atoms with Gasteiger partial charge in [-0.15, -0.1) is 4.74 Å². The second-order valence-corrected chi connectivity index (χ2v) is 7.64. The summed E-state index contributed by atoms with van der Waals surface area (Å²) in [5.41, 5.74) is 4.16. The molecule has 0 unspecified atom stereocenters. The number of hydrogen-bond acceptors (Lipinski definition) is 6. The molecule has 0 aliphatic carbocycles. The summed E-state index contributed by atoms with van der Waals surface area (Å²) in [6.07, 6.45) is 0. The first kappa shape index (κ1) is 22.7. The smallest absolute Gasteiger partial charge is 0.440 e. The van der Waals surface area contributed by atoms with E-state index in [1.807, 2.05) is 48.3 Å². The second kappa shape index (κ2) is 9.95. The van der Waals surface area contributed by atoms with E-state index in [0.29, 0.717) is 18.1 Å². The lowest BCUT2D eigenvalue weighted by Gasteiger charge is -2.12. The van der Waals surface area contributed by atoms with Gasteiger partial charge in [-0.3, -0.25) is 0 Å². The van der Waals surface area contributed by atoms with Gasteiger partial charge >= 0.3 is 17.4 Å². The number of ether oxygens (including phenoxy) is 2. The van der Waals surface area contributed by atoms with E-state index in [1.165, 1.54) is 0 Å². The summed E-state index contributed by atoms with van der Waals surface area (Å²) in [5.74, 6) is -0.637. The lowest BCUT2D eigenvalue weighted by atomic mass is 9.99. The van der Waals surface area contributed by atoms with Crippen molar-refractivity contribution in [1.82, 2.24) is 9.72 Å². The maximum Gasteiger partial charge on any atom is 0.440 e. The molecule has 0 aliphatic heterocycles. The Balaban J connectivity index is 1.40. The number of aromatic amines is 1. The number of aliphatic carboxylic acids is 1. The van der Waals surface area contributed by atoms with E-state index in [1.54, 1.807) is 30.3 Å². The molecule has 0 spiro atoms. The summed E-state index contributed by atoms with van der Waals surface area (Å²) >= 11 is 0. The van der Waals surface area contributed by atoms with Crippen LogP contribution in [0.25, 0.3) is 11.1 Å². The number of carbonyl (C=O) groups is 1. The van der Waals surface area contributed by atoms with Crippen LogP contribution in [0.15, 0.2) is 80.8 Å². The normalized spacial score (nSPS) is 10.7. The van der Waals surface area contributed by atoms with Crippen LogP contribution >= 0.6 is 0 Å². The third-order valence-corrected chi connectivity index (χ3v) is 5.08. The first-order valence-electron chi connectivity index (χ1n) is 10.4. The Labute approximate surface area is 193 Å². The molecule has 2 N–H and O–H groups in total. The van der Waals surface area contributed by atoms with Crippen LogP contribution in [0.2, 0.25) is 0 Å². The molecule has 4 rings (SSSR count). The Morgan fingerprint density at radius 1 is 0.971 bits per heavy atom. The average molecular weight is 462 g/mol. The SMILES string of the molecule is Cc1cc(OCC(=O)O)ccc1-c1cccc(COc2ccc(Cn3oc(=O)[nH]c3=O)cc2)c1. The molecule has 0 fully saturated rings. The van der Waals surface area contributed by atoms with Crippen molar-refractivity contribution in [2.45, 2.75) is 20.1 Å². The Morgan fingerprint density at radius 3 is 2.41 bits per heavy atom. The number of aryl methyl sites for hydroxylation is 1. The number of rotatable bonds is 9. The fourth-order valence-electron chi connectivity index (χ4n) is 3.47. The van der Waals surface area contributed by atoms with E-state index in [0.717, 1.165) is 32.6 Å². The van der Waals surface area contributed by atoms with Crippen molar-refractivity contribution in [2.75, 3.05) is 6.61 Å². The molecule has 0 aliphatic rings. The van der Waals surface area contributed by atoms with Crippen LogP contribution in [-0.4, -0.2) is 27.4 Å². The minimum atomic E-state index is -1.02. The van der Waals surface area contributed by atoms with Gasteiger partial charge in [0.1, 0.15) is 18.1 Å². The van der Waals surface area contributed by atoms with Crippen molar-refractivity contribution in [3.63, 3.8) is 0 Å². The minimum Gasteiger partial charge on any atom is -0.489 e. The lowest BCUT2D eigenvalue weighted by molar-refractivity contribution is -0.139. The number of carboxylic acid groups (broad SMARTS) is 1. The monoisotopic (exact) mass is 462 g/mol. The number of carboxylic acids is 1. The molecule has 34 heavy (non-hydrogen) atoms. The van der Waals surface area contributed by atoms with Crippen LogP contribution in [0.3, 0.4) is 0 Å². The topological polar surface area (TPSA) is 124 Å². The highest BCUT2D eigenvalue weighted by molar-refractivity contribution is 5.70. The largest absolute Gasteiger partial charge is 0.489 e. The lowest BCUT2D eigenvalue weighted by Crippen LogP contribution is -2.17. The van der Waals surface area contributed by atoms with Gasteiger partial charge in [-0.1, -0.05) is 36.4 Å².